The number of hydrogen-bond acceptors (Lipinski definition) is 4. The lowest BCUT2D eigenvalue weighted by atomic mass is 10.1. The van der Waals surface area contributed by atoms with Crippen molar-refractivity contribution in [1.82, 2.24) is 14.5 Å². The normalized spacial score (nSPS) is 11.1. The number of phenols is 1. The van der Waals surface area contributed by atoms with Gasteiger partial charge in [0.05, 0.1) is 17.8 Å². The van der Waals surface area contributed by atoms with Crippen LogP contribution in [0.25, 0.3) is 23.2 Å². The number of benzene rings is 1. The Morgan fingerprint density at radius 2 is 1.79 bits per heavy atom. The van der Waals surface area contributed by atoms with E-state index < -0.39 is 0 Å². The maximum atomic E-state index is 13.1. The Balaban J connectivity index is 2.58. The molecule has 1 aromatic carbocycles. The van der Waals surface area contributed by atoms with E-state index in [1.807, 2.05) is 24.1 Å². The van der Waals surface area contributed by atoms with E-state index in [0.29, 0.717) is 30.3 Å². The summed E-state index contributed by atoms with van der Waals surface area (Å²) in [6.07, 6.45) is 6.51. The van der Waals surface area contributed by atoms with Crippen molar-refractivity contribution in [3.05, 3.63) is 48.4 Å². The van der Waals surface area contributed by atoms with Crippen LogP contribution in [0.4, 0.5) is 0 Å². The molecule has 1 amide bonds. The van der Waals surface area contributed by atoms with Gasteiger partial charge in [0.1, 0.15) is 5.75 Å². The van der Waals surface area contributed by atoms with Crippen LogP contribution in [0.5, 0.6) is 5.75 Å². The van der Waals surface area contributed by atoms with E-state index in [2.05, 4.69) is 25.4 Å². The van der Waals surface area contributed by atoms with Crippen molar-refractivity contribution in [2.24, 2.45) is 0 Å². The van der Waals surface area contributed by atoms with Crippen LogP contribution in [0.3, 0.4) is 0 Å². The van der Waals surface area contributed by atoms with Crippen LogP contribution in [-0.2, 0) is 11.2 Å². The number of amides is 1. The van der Waals surface area contributed by atoms with Gasteiger partial charge in [-0.25, -0.2) is 4.98 Å². The van der Waals surface area contributed by atoms with Crippen molar-refractivity contribution >= 4 is 17.9 Å². The monoisotopic (exact) mass is 397 g/mol. The van der Waals surface area contributed by atoms with Crippen LogP contribution in [-0.4, -0.2) is 43.7 Å². The first kappa shape index (κ1) is 22.3. The van der Waals surface area contributed by atoms with Crippen molar-refractivity contribution in [3.8, 4) is 17.0 Å². The number of carbonyl (C=O) groups is 1. The second kappa shape index (κ2) is 10.5. The summed E-state index contributed by atoms with van der Waals surface area (Å²) in [6.45, 7) is 11.2. The molecule has 1 aromatic heterocycles. The highest BCUT2D eigenvalue weighted by Crippen LogP contribution is 2.29. The van der Waals surface area contributed by atoms with Crippen molar-refractivity contribution < 1.29 is 15.0 Å². The molecule has 6 nitrogen and oxygen atoms in total. The van der Waals surface area contributed by atoms with Gasteiger partial charge in [-0.1, -0.05) is 33.4 Å². The zero-order chi connectivity index (χ0) is 21.4. The molecule has 0 atom stereocenters. The highest BCUT2D eigenvalue weighted by atomic mass is 16.3. The molecule has 0 aliphatic carbocycles. The Morgan fingerprint density at radius 3 is 2.31 bits per heavy atom. The number of carbonyl (C=O) groups excluding carboxylic acids is 1. The van der Waals surface area contributed by atoms with Gasteiger partial charge in [0.2, 0.25) is 5.91 Å². The third-order valence-electron chi connectivity index (χ3n) is 4.56. The van der Waals surface area contributed by atoms with E-state index in [4.69, 9.17) is 0 Å². The first-order valence-corrected chi connectivity index (χ1v) is 10.2. The van der Waals surface area contributed by atoms with Crippen LogP contribution in [0.2, 0.25) is 0 Å². The quantitative estimate of drug-likeness (QED) is 0.562. The molecule has 0 bridgehead atoms. The number of nitrogens with zero attached hydrogens (tertiary/aromatic N) is 3. The van der Waals surface area contributed by atoms with Gasteiger partial charge >= 0.3 is 0 Å². The predicted octanol–water partition coefficient (Wildman–Crippen LogP) is 4.86. The number of aromatic hydroxyl groups is 1. The minimum absolute atomic E-state index is 0.0230. The smallest absolute Gasteiger partial charge is 0.228 e. The van der Waals surface area contributed by atoms with Gasteiger partial charge in [0.25, 0.3) is 0 Å². The van der Waals surface area contributed by atoms with E-state index in [-0.39, 0.29) is 23.8 Å². The van der Waals surface area contributed by atoms with Crippen molar-refractivity contribution in [1.29, 1.82) is 0 Å². The summed E-state index contributed by atoms with van der Waals surface area (Å²) in [4.78, 5) is 19.5. The Bertz CT molecular complexity index is 860. The lowest BCUT2D eigenvalue weighted by Gasteiger charge is -2.22. The van der Waals surface area contributed by atoms with Gasteiger partial charge in [-0.2, -0.15) is 0 Å². The molecule has 0 saturated heterocycles. The Labute approximate surface area is 172 Å². The second-order valence-corrected chi connectivity index (χ2v) is 6.94. The number of phenolic OH excluding ortho intramolecular Hbond substituents is 1. The molecule has 2 aromatic rings. The Morgan fingerprint density at radius 1 is 1.17 bits per heavy atom. The summed E-state index contributed by atoms with van der Waals surface area (Å²) >= 11 is 0. The van der Waals surface area contributed by atoms with E-state index >= 15 is 0 Å². The fourth-order valence-corrected chi connectivity index (χ4v) is 3.22. The van der Waals surface area contributed by atoms with E-state index in [9.17, 15) is 15.0 Å². The SMILES string of the molecule is C=C(O)c1nc(-c2ccc(O)cc2)c(CC(=O)N(CCC)CCC)n1/C=C/CC. The van der Waals surface area contributed by atoms with Crippen molar-refractivity contribution in [2.75, 3.05) is 13.1 Å². The fraction of sp³-hybridized carbons (Fsp3) is 0.391. The number of aliphatic hydroxyl groups excluding tert-OH is 1. The first-order chi connectivity index (χ1) is 13.9. The molecule has 0 saturated carbocycles. The molecule has 1 heterocycles. The van der Waals surface area contributed by atoms with E-state index in [1.165, 1.54) is 0 Å². The van der Waals surface area contributed by atoms with Gasteiger partial charge in [-0.3, -0.25) is 4.79 Å². The molecule has 0 spiro atoms. The van der Waals surface area contributed by atoms with Crippen LogP contribution >= 0.6 is 0 Å². The van der Waals surface area contributed by atoms with Gasteiger partial charge in [-0.15, -0.1) is 0 Å². The van der Waals surface area contributed by atoms with Crippen LogP contribution in [0.1, 0.15) is 51.6 Å². The molecule has 0 radical (unpaired) electrons. The molecule has 0 aliphatic heterocycles. The van der Waals surface area contributed by atoms with Crippen molar-refractivity contribution in [3.63, 3.8) is 0 Å². The van der Waals surface area contributed by atoms with Gasteiger partial charge in [0, 0.05) is 24.9 Å². The summed E-state index contributed by atoms with van der Waals surface area (Å²) in [5.41, 5.74) is 2.04. The molecular formula is C23H31N3O3. The van der Waals surface area contributed by atoms with Crippen LogP contribution in [0.15, 0.2) is 36.9 Å². The maximum absolute atomic E-state index is 13.1. The van der Waals surface area contributed by atoms with Gasteiger partial charge in [-0.05, 0) is 43.5 Å². The van der Waals surface area contributed by atoms with Crippen LogP contribution < -0.4 is 0 Å². The number of hydrogen-bond donors (Lipinski definition) is 2. The fourth-order valence-electron chi connectivity index (χ4n) is 3.22. The summed E-state index contributed by atoms with van der Waals surface area (Å²) in [6, 6.07) is 6.66. The summed E-state index contributed by atoms with van der Waals surface area (Å²) in [5.74, 6) is 0.317. The topological polar surface area (TPSA) is 78.6 Å². The van der Waals surface area contributed by atoms with E-state index in [0.717, 1.165) is 24.8 Å². The largest absolute Gasteiger partial charge is 0.508 e. The molecule has 0 unspecified atom stereocenters. The number of aliphatic hydroxyl groups is 1. The van der Waals surface area contributed by atoms with E-state index in [1.54, 1.807) is 28.8 Å². The predicted molar refractivity (Wildman–Crippen MR) is 117 cm³/mol. The molecule has 0 aliphatic rings. The molecule has 0 fully saturated rings. The zero-order valence-electron chi connectivity index (χ0n) is 17.6. The van der Waals surface area contributed by atoms with Gasteiger partial charge < -0.3 is 19.7 Å². The lowest BCUT2D eigenvalue weighted by Crippen LogP contribution is -2.34. The summed E-state index contributed by atoms with van der Waals surface area (Å²) in [5, 5.41) is 19.7. The minimum atomic E-state index is -0.163. The standard InChI is InChI=1S/C23H31N3O3/c1-5-8-15-26-20(16-21(29)25(13-6-2)14-7-3)22(24-23(26)17(4)27)18-9-11-19(28)12-10-18/h8-12,15,27-28H,4-7,13-14,16H2,1-3H3/b15-8+. The second-order valence-electron chi connectivity index (χ2n) is 6.94. The van der Waals surface area contributed by atoms with Crippen molar-refractivity contribution in [2.45, 2.75) is 46.5 Å². The number of aromatic nitrogens is 2. The number of allylic oxidation sites excluding steroid dienone is 1. The molecule has 29 heavy (non-hydrogen) atoms. The summed E-state index contributed by atoms with van der Waals surface area (Å²) < 4.78 is 1.74. The average molecular weight is 398 g/mol. The summed E-state index contributed by atoms with van der Waals surface area (Å²) in [7, 11) is 0. The van der Waals surface area contributed by atoms with Gasteiger partial charge in [0.15, 0.2) is 11.6 Å². The first-order valence-electron chi connectivity index (χ1n) is 10.2. The number of imidazole rings is 1. The Kier molecular flexibility index (Phi) is 8.07. The molecule has 156 valence electrons. The molecular weight excluding hydrogens is 366 g/mol. The maximum Gasteiger partial charge on any atom is 0.228 e. The third kappa shape index (κ3) is 5.50. The molecule has 2 rings (SSSR count). The highest BCUT2D eigenvalue weighted by Gasteiger charge is 2.23. The number of rotatable bonds is 10. The zero-order valence-corrected chi connectivity index (χ0v) is 17.6. The highest BCUT2D eigenvalue weighted by molar-refractivity contribution is 5.82. The third-order valence-corrected chi connectivity index (χ3v) is 4.56. The lowest BCUT2D eigenvalue weighted by molar-refractivity contribution is -0.130. The van der Waals surface area contributed by atoms with Crippen LogP contribution in [0, 0.1) is 0 Å². The Hall–Kier alpha value is -3.02. The minimum Gasteiger partial charge on any atom is -0.508 e. The average Bonchev–Trinajstić information content (AvgIpc) is 3.05. The molecule has 2 N–H and O–H groups in total. The molecule has 6 heteroatoms.